The third-order valence-electron chi connectivity index (χ3n) is 7.14. The number of pyridine rings is 1. The minimum absolute atomic E-state index is 0.0196. The Balaban J connectivity index is 1.35. The molecule has 1 saturated heterocycles. The largest absolute Gasteiger partial charge is 0.501 e. The zero-order valence-corrected chi connectivity index (χ0v) is 24.2. The lowest BCUT2D eigenvalue weighted by atomic mass is 10.0. The molecule has 1 amide bonds. The Labute approximate surface area is 253 Å². The second-order valence-electron chi connectivity index (χ2n) is 10.3. The molecular weight excluding hydrogens is 626 g/mol. The van der Waals surface area contributed by atoms with Crippen molar-refractivity contribution in [1.29, 1.82) is 0 Å². The van der Waals surface area contributed by atoms with Crippen molar-refractivity contribution in [1.82, 2.24) is 25.0 Å². The Bertz CT molecular complexity index is 1920. The van der Waals surface area contributed by atoms with Gasteiger partial charge in [0.05, 0.1) is 21.5 Å². The van der Waals surface area contributed by atoms with Crippen molar-refractivity contribution in [2.24, 2.45) is 0 Å². The summed E-state index contributed by atoms with van der Waals surface area (Å²) in [5.74, 6) is 4.52. The van der Waals surface area contributed by atoms with E-state index in [4.69, 9.17) is 0 Å². The lowest BCUT2D eigenvalue weighted by Crippen LogP contribution is -2.44. The Morgan fingerprint density at radius 3 is 2.40 bits per heavy atom. The monoisotopic (exact) mass is 650 g/mol. The van der Waals surface area contributed by atoms with Crippen molar-refractivity contribution in [2.75, 3.05) is 38.5 Å². The first-order chi connectivity index (χ1) is 21.1. The molecule has 0 radical (unpaired) electrons. The van der Waals surface area contributed by atoms with Gasteiger partial charge >= 0.3 is 11.7 Å². The van der Waals surface area contributed by atoms with Gasteiger partial charge in [-0.15, -0.1) is 0 Å². The number of fused-ring (bicyclic) bond motifs is 1. The summed E-state index contributed by atoms with van der Waals surface area (Å²) in [5.41, 5.74) is -6.00. The topological polar surface area (TPSA) is 111 Å². The second kappa shape index (κ2) is 12.1. The Morgan fingerprint density at radius 2 is 1.71 bits per heavy atom. The van der Waals surface area contributed by atoms with Gasteiger partial charge in [0.2, 0.25) is 0 Å². The van der Waals surface area contributed by atoms with Crippen molar-refractivity contribution in [3.8, 4) is 11.8 Å². The number of carbonyl (C=O) groups excluding carboxylic acids is 1. The van der Waals surface area contributed by atoms with Gasteiger partial charge in [-0.1, -0.05) is 12.0 Å². The number of hydrogen-bond donors (Lipinski definition) is 2. The van der Waals surface area contributed by atoms with E-state index in [1.807, 2.05) is 11.9 Å². The maximum Gasteiger partial charge on any atom is 0.501 e. The molecule has 1 fully saturated rings. The van der Waals surface area contributed by atoms with Gasteiger partial charge < -0.3 is 10.2 Å². The molecule has 45 heavy (non-hydrogen) atoms. The SMILES string of the molecule is CN1CCN(Cc2ccc(NC(=O)c3cncc(C#Cc4n[nH]c5ccc(S(=O)(=O)C(F)(F)F)cc45)c3)cc2C(F)(F)F)CC1. The fourth-order valence-corrected chi connectivity index (χ4v) is 5.45. The van der Waals surface area contributed by atoms with Crippen LogP contribution in [0.2, 0.25) is 0 Å². The average molecular weight is 651 g/mol. The number of halogens is 6. The lowest BCUT2D eigenvalue weighted by molar-refractivity contribution is -0.138. The zero-order valence-electron chi connectivity index (χ0n) is 23.4. The number of alkyl halides is 6. The zero-order chi connectivity index (χ0) is 32.6. The maximum absolute atomic E-state index is 13.9. The van der Waals surface area contributed by atoms with Gasteiger partial charge in [-0.05, 0) is 54.9 Å². The number of likely N-dealkylation sites (N-methyl/N-ethyl adjacent to an activating group) is 1. The normalized spacial score (nSPS) is 15.1. The van der Waals surface area contributed by atoms with Crippen molar-refractivity contribution < 1.29 is 39.6 Å². The van der Waals surface area contributed by atoms with E-state index in [0.717, 1.165) is 37.4 Å². The number of benzene rings is 2. The first kappa shape index (κ1) is 31.9. The summed E-state index contributed by atoms with van der Waals surface area (Å²) in [6, 6.07) is 7.67. The second-order valence-corrected chi connectivity index (χ2v) is 12.3. The summed E-state index contributed by atoms with van der Waals surface area (Å²) in [7, 11) is -3.65. The number of nitrogens with one attached hydrogen (secondary N) is 2. The van der Waals surface area contributed by atoms with Crippen molar-refractivity contribution >= 4 is 32.3 Å². The van der Waals surface area contributed by atoms with E-state index >= 15 is 0 Å². The number of aromatic nitrogens is 3. The molecule has 2 aromatic heterocycles. The van der Waals surface area contributed by atoms with Gasteiger partial charge in [-0.2, -0.15) is 31.4 Å². The van der Waals surface area contributed by atoms with Crippen LogP contribution in [0.25, 0.3) is 10.9 Å². The number of anilines is 1. The van der Waals surface area contributed by atoms with Gasteiger partial charge in [-0.25, -0.2) is 8.42 Å². The number of aromatic amines is 1. The fraction of sp³-hybridized carbons (Fsp3) is 0.276. The number of sulfone groups is 1. The number of nitrogens with zero attached hydrogens (tertiary/aromatic N) is 4. The van der Waals surface area contributed by atoms with E-state index in [0.29, 0.717) is 13.1 Å². The summed E-state index contributed by atoms with van der Waals surface area (Å²) in [5, 5.41) is 8.93. The quantitative estimate of drug-likeness (QED) is 0.239. The molecule has 4 aromatic rings. The van der Waals surface area contributed by atoms with Crippen molar-refractivity contribution in [2.45, 2.75) is 23.1 Å². The smallest absolute Gasteiger partial charge is 0.322 e. The van der Waals surface area contributed by atoms with Crippen LogP contribution >= 0.6 is 0 Å². The maximum atomic E-state index is 13.9. The van der Waals surface area contributed by atoms with Crippen molar-refractivity contribution in [3.05, 3.63) is 82.8 Å². The Hall–Kier alpha value is -4.46. The van der Waals surface area contributed by atoms with E-state index in [-0.39, 0.29) is 45.5 Å². The molecule has 0 spiro atoms. The number of amides is 1. The van der Waals surface area contributed by atoms with Crippen LogP contribution in [0.5, 0.6) is 0 Å². The minimum atomic E-state index is -5.60. The number of piperazine rings is 1. The Kier molecular flexibility index (Phi) is 8.62. The van der Waals surface area contributed by atoms with Gasteiger partial charge in [-0.3, -0.25) is 19.8 Å². The van der Waals surface area contributed by atoms with Crippen LogP contribution in [0.15, 0.2) is 59.8 Å². The summed E-state index contributed by atoms with van der Waals surface area (Å²) in [6.45, 7) is 2.88. The summed E-state index contributed by atoms with van der Waals surface area (Å²) in [4.78, 5) is 19.9. The highest BCUT2D eigenvalue weighted by Crippen LogP contribution is 2.35. The molecular formula is C29H24F6N6O3S. The number of carbonyl (C=O) groups is 1. The van der Waals surface area contributed by atoms with Gasteiger partial charge in [0.1, 0.15) is 5.69 Å². The highest BCUT2D eigenvalue weighted by Gasteiger charge is 2.47. The van der Waals surface area contributed by atoms with Crippen LogP contribution in [-0.4, -0.2) is 78.0 Å². The predicted molar refractivity (Wildman–Crippen MR) is 152 cm³/mol. The summed E-state index contributed by atoms with van der Waals surface area (Å²) in [6.07, 6.45) is -2.17. The lowest BCUT2D eigenvalue weighted by Gasteiger charge is -2.33. The molecule has 3 heterocycles. The van der Waals surface area contributed by atoms with E-state index in [2.05, 4.69) is 37.2 Å². The molecule has 1 aliphatic rings. The van der Waals surface area contributed by atoms with Crippen molar-refractivity contribution in [3.63, 3.8) is 0 Å². The van der Waals surface area contributed by atoms with E-state index in [1.54, 1.807) is 0 Å². The van der Waals surface area contributed by atoms with E-state index in [1.165, 1.54) is 30.6 Å². The Morgan fingerprint density at radius 1 is 0.978 bits per heavy atom. The van der Waals surface area contributed by atoms with Crippen LogP contribution < -0.4 is 5.32 Å². The van der Waals surface area contributed by atoms with E-state index < -0.39 is 37.9 Å². The van der Waals surface area contributed by atoms with Crippen LogP contribution in [0.4, 0.5) is 32.0 Å². The molecule has 2 aromatic carbocycles. The highest BCUT2D eigenvalue weighted by molar-refractivity contribution is 7.92. The molecule has 5 rings (SSSR count). The first-order valence-electron chi connectivity index (χ1n) is 13.3. The third-order valence-corrected chi connectivity index (χ3v) is 8.62. The molecule has 0 aliphatic carbocycles. The van der Waals surface area contributed by atoms with E-state index in [9.17, 15) is 39.6 Å². The molecule has 1 aliphatic heterocycles. The van der Waals surface area contributed by atoms with Crippen LogP contribution in [-0.2, 0) is 22.6 Å². The highest BCUT2D eigenvalue weighted by atomic mass is 32.2. The minimum Gasteiger partial charge on any atom is -0.322 e. The van der Waals surface area contributed by atoms with Gasteiger partial charge in [0.25, 0.3) is 15.7 Å². The molecule has 16 heteroatoms. The van der Waals surface area contributed by atoms with Gasteiger partial charge in [0.15, 0.2) is 0 Å². The average Bonchev–Trinajstić information content (AvgIpc) is 3.39. The summed E-state index contributed by atoms with van der Waals surface area (Å²) >= 11 is 0. The third kappa shape index (κ3) is 7.11. The fourth-order valence-electron chi connectivity index (χ4n) is 4.66. The molecule has 236 valence electrons. The predicted octanol–water partition coefficient (Wildman–Crippen LogP) is 4.67. The molecule has 0 bridgehead atoms. The molecule has 9 nitrogen and oxygen atoms in total. The van der Waals surface area contributed by atoms with Crippen LogP contribution in [0, 0.1) is 11.8 Å². The standard InChI is InChI=1S/C29H24F6N6O3S/c1-40-8-10-41(11-9-40)17-19-3-4-21(13-24(19)28(30,31)32)37-27(42)20-12-18(15-36-16-20)2-6-25-23-14-22(5-7-26(23)39-38-25)45(43,44)29(33,34)35/h3-5,7,12-16H,8-11,17H2,1H3,(H,37,42)(H,38,39). The molecule has 0 unspecified atom stereocenters. The van der Waals surface area contributed by atoms with Crippen LogP contribution in [0.1, 0.15) is 32.7 Å². The molecule has 0 atom stereocenters. The first-order valence-corrected chi connectivity index (χ1v) is 14.8. The number of rotatable bonds is 5. The molecule has 0 saturated carbocycles. The number of H-pyrrole nitrogens is 1. The molecule has 2 N–H and O–H groups in total. The van der Waals surface area contributed by atoms with Crippen LogP contribution in [0.3, 0.4) is 0 Å². The summed E-state index contributed by atoms with van der Waals surface area (Å²) < 4.78 is 104. The van der Waals surface area contributed by atoms with Gasteiger partial charge in [0, 0.05) is 61.8 Å². The number of hydrogen-bond acceptors (Lipinski definition) is 7.